The van der Waals surface area contributed by atoms with Crippen molar-refractivity contribution in [1.82, 2.24) is 0 Å². The fourth-order valence-corrected chi connectivity index (χ4v) is 4.80. The number of benzene rings is 5. The minimum Gasteiger partial charge on any atom is -0.192 e. The van der Waals surface area contributed by atoms with Crippen molar-refractivity contribution in [2.45, 2.75) is 5.41 Å². The van der Waals surface area contributed by atoms with Crippen LogP contribution in [0.25, 0.3) is 11.1 Å². The molecule has 5 rings (SSSR count). The maximum Gasteiger partial charge on any atom is 0.0998 e. The molecule has 0 spiro atoms. The van der Waals surface area contributed by atoms with E-state index in [0.717, 1.165) is 16.7 Å². The first-order chi connectivity index (χ1) is 16.3. The summed E-state index contributed by atoms with van der Waals surface area (Å²) in [6.45, 7) is 0. The van der Waals surface area contributed by atoms with Crippen LogP contribution < -0.4 is 0 Å². The summed E-state index contributed by atoms with van der Waals surface area (Å²) >= 11 is 0. The summed E-state index contributed by atoms with van der Waals surface area (Å²) in [6, 6.07) is 50.7. The molecule has 0 saturated heterocycles. The van der Waals surface area contributed by atoms with Gasteiger partial charge in [-0.1, -0.05) is 127 Å². The van der Waals surface area contributed by atoms with Gasteiger partial charge in [-0.25, -0.2) is 0 Å². The molecule has 1 heteroatoms. The molecule has 0 aliphatic rings. The van der Waals surface area contributed by atoms with Gasteiger partial charge in [0.25, 0.3) is 0 Å². The van der Waals surface area contributed by atoms with Crippen molar-refractivity contribution >= 4 is 0 Å². The van der Waals surface area contributed by atoms with E-state index in [-0.39, 0.29) is 0 Å². The second-order valence-electron chi connectivity index (χ2n) is 8.09. The summed E-state index contributed by atoms with van der Waals surface area (Å²) in [6.07, 6.45) is 0. The molecule has 33 heavy (non-hydrogen) atoms. The highest BCUT2D eigenvalue weighted by Crippen LogP contribution is 2.46. The second kappa shape index (κ2) is 8.99. The van der Waals surface area contributed by atoms with Crippen LogP contribution in [-0.2, 0) is 5.41 Å². The summed E-state index contributed by atoms with van der Waals surface area (Å²) in [5.41, 5.74) is 6.82. The van der Waals surface area contributed by atoms with Crippen LogP contribution in [0.15, 0.2) is 140 Å². The highest BCUT2D eigenvalue weighted by Gasteiger charge is 2.38. The molecular formula is C32H23N. The summed E-state index contributed by atoms with van der Waals surface area (Å²) in [5, 5.41) is 9.87. The van der Waals surface area contributed by atoms with Gasteiger partial charge in [-0.3, -0.25) is 0 Å². The zero-order valence-electron chi connectivity index (χ0n) is 18.2. The van der Waals surface area contributed by atoms with E-state index in [4.69, 9.17) is 0 Å². The number of nitriles is 1. The van der Waals surface area contributed by atoms with E-state index in [0.29, 0.717) is 5.56 Å². The molecule has 0 amide bonds. The predicted molar refractivity (Wildman–Crippen MR) is 135 cm³/mol. The Labute approximate surface area is 195 Å². The van der Waals surface area contributed by atoms with E-state index in [1.807, 2.05) is 24.3 Å². The molecule has 1 nitrogen and oxygen atoms in total. The van der Waals surface area contributed by atoms with E-state index < -0.39 is 5.41 Å². The van der Waals surface area contributed by atoms with Crippen molar-refractivity contribution in [3.05, 3.63) is 167 Å². The van der Waals surface area contributed by atoms with Crippen LogP contribution in [0.1, 0.15) is 27.8 Å². The van der Waals surface area contributed by atoms with Crippen LogP contribution in [0.5, 0.6) is 0 Å². The molecule has 0 aliphatic carbocycles. The van der Waals surface area contributed by atoms with E-state index in [1.54, 1.807) is 0 Å². The molecular weight excluding hydrogens is 398 g/mol. The maximum atomic E-state index is 9.87. The van der Waals surface area contributed by atoms with E-state index in [9.17, 15) is 5.26 Å². The average molecular weight is 422 g/mol. The van der Waals surface area contributed by atoms with Gasteiger partial charge in [0.2, 0.25) is 0 Å². The van der Waals surface area contributed by atoms with Crippen molar-refractivity contribution in [2.24, 2.45) is 0 Å². The van der Waals surface area contributed by atoms with Crippen molar-refractivity contribution in [3.63, 3.8) is 0 Å². The van der Waals surface area contributed by atoms with Crippen molar-refractivity contribution in [3.8, 4) is 17.2 Å². The lowest BCUT2D eigenvalue weighted by Crippen LogP contribution is -2.31. The Kier molecular flexibility index (Phi) is 5.58. The number of hydrogen-bond acceptors (Lipinski definition) is 1. The first-order valence-corrected chi connectivity index (χ1v) is 11.1. The van der Waals surface area contributed by atoms with E-state index in [1.165, 1.54) is 16.7 Å². The van der Waals surface area contributed by atoms with Crippen molar-refractivity contribution < 1.29 is 0 Å². The molecule has 0 aromatic heterocycles. The molecule has 0 fully saturated rings. The molecule has 0 bridgehead atoms. The number of nitrogens with zero attached hydrogens (tertiary/aromatic N) is 1. The summed E-state index contributed by atoms with van der Waals surface area (Å²) in [7, 11) is 0. The maximum absolute atomic E-state index is 9.87. The van der Waals surface area contributed by atoms with Gasteiger partial charge in [0.05, 0.1) is 17.0 Å². The smallest absolute Gasteiger partial charge is 0.0998 e. The Morgan fingerprint density at radius 3 is 1.30 bits per heavy atom. The largest absolute Gasteiger partial charge is 0.192 e. The first kappa shape index (κ1) is 20.5. The highest BCUT2D eigenvalue weighted by molar-refractivity contribution is 5.73. The van der Waals surface area contributed by atoms with Gasteiger partial charge in [-0.15, -0.1) is 0 Å². The molecule has 0 heterocycles. The molecule has 0 unspecified atom stereocenters. The Morgan fingerprint density at radius 1 is 0.455 bits per heavy atom. The van der Waals surface area contributed by atoms with Crippen LogP contribution in [0.2, 0.25) is 0 Å². The monoisotopic (exact) mass is 421 g/mol. The fraction of sp³-hybridized carbons (Fsp3) is 0.0312. The average Bonchev–Trinajstić information content (AvgIpc) is 2.91. The molecule has 5 aromatic rings. The lowest BCUT2D eigenvalue weighted by molar-refractivity contribution is 0.745. The van der Waals surface area contributed by atoms with Crippen LogP contribution in [-0.4, -0.2) is 0 Å². The first-order valence-electron chi connectivity index (χ1n) is 11.1. The molecule has 156 valence electrons. The van der Waals surface area contributed by atoms with Crippen molar-refractivity contribution in [1.29, 1.82) is 5.26 Å². The van der Waals surface area contributed by atoms with Crippen LogP contribution in [0, 0.1) is 11.3 Å². The quantitative estimate of drug-likeness (QED) is 0.268. The molecule has 0 aliphatic heterocycles. The summed E-state index contributed by atoms with van der Waals surface area (Å²) in [4.78, 5) is 0. The lowest BCUT2D eigenvalue weighted by Gasteiger charge is -2.37. The normalized spacial score (nSPS) is 11.0. The number of hydrogen-bond donors (Lipinski definition) is 0. The Balaban J connectivity index is 1.89. The van der Waals surface area contributed by atoms with Gasteiger partial charge in [0, 0.05) is 0 Å². The Morgan fingerprint density at radius 2 is 0.879 bits per heavy atom. The minimum atomic E-state index is -0.526. The third-order valence-electron chi connectivity index (χ3n) is 6.28. The third-order valence-corrected chi connectivity index (χ3v) is 6.28. The zero-order chi connectivity index (χ0) is 22.5. The Hall–Kier alpha value is -4.41. The van der Waals surface area contributed by atoms with Crippen molar-refractivity contribution in [2.75, 3.05) is 0 Å². The standard InChI is InChI=1S/C32H23N/c33-24-26-21-22-30(23-31(26)25-13-5-1-6-14-25)32(27-15-7-2-8-16-27,28-17-9-3-10-18-28)29-19-11-4-12-20-29/h1-23H. The second-order valence-corrected chi connectivity index (χ2v) is 8.09. The topological polar surface area (TPSA) is 23.8 Å². The molecule has 0 saturated carbocycles. The third kappa shape index (κ3) is 3.63. The van der Waals surface area contributed by atoms with Gasteiger partial charge in [-0.2, -0.15) is 5.26 Å². The summed E-state index contributed by atoms with van der Waals surface area (Å²) in [5.74, 6) is 0. The summed E-state index contributed by atoms with van der Waals surface area (Å²) < 4.78 is 0. The van der Waals surface area contributed by atoms with E-state index in [2.05, 4.69) is 121 Å². The fourth-order valence-electron chi connectivity index (χ4n) is 4.80. The van der Waals surface area contributed by atoms with Gasteiger partial charge in [-0.05, 0) is 45.5 Å². The SMILES string of the molecule is N#Cc1ccc(C(c2ccccc2)(c2ccccc2)c2ccccc2)cc1-c1ccccc1. The predicted octanol–water partition coefficient (Wildman–Crippen LogP) is 7.61. The van der Waals surface area contributed by atoms with Crippen LogP contribution in [0.4, 0.5) is 0 Å². The molecule has 0 atom stereocenters. The Bertz CT molecular complexity index is 1290. The van der Waals surface area contributed by atoms with Crippen LogP contribution in [0.3, 0.4) is 0 Å². The zero-order valence-corrected chi connectivity index (χ0v) is 18.2. The highest BCUT2D eigenvalue weighted by atomic mass is 14.4. The van der Waals surface area contributed by atoms with E-state index >= 15 is 0 Å². The van der Waals surface area contributed by atoms with Gasteiger partial charge < -0.3 is 0 Å². The van der Waals surface area contributed by atoms with Crippen LogP contribution >= 0.6 is 0 Å². The molecule has 5 aromatic carbocycles. The lowest BCUT2D eigenvalue weighted by atomic mass is 9.64. The molecule has 0 radical (unpaired) electrons. The van der Waals surface area contributed by atoms with Gasteiger partial charge in [0.1, 0.15) is 0 Å². The minimum absolute atomic E-state index is 0.526. The van der Waals surface area contributed by atoms with Gasteiger partial charge in [0.15, 0.2) is 0 Å². The molecule has 0 N–H and O–H groups in total. The van der Waals surface area contributed by atoms with Gasteiger partial charge >= 0.3 is 0 Å². The number of rotatable bonds is 5.